The van der Waals surface area contributed by atoms with Gasteiger partial charge < -0.3 is 5.73 Å². The second-order valence-electron chi connectivity index (χ2n) is 1.27. The van der Waals surface area contributed by atoms with Crippen LogP contribution in [0.25, 0.3) is 0 Å². The Bertz CT molecular complexity index is 196. The fourth-order valence-corrected chi connectivity index (χ4v) is 0.942. The van der Waals surface area contributed by atoms with E-state index in [4.69, 9.17) is 5.73 Å². The van der Waals surface area contributed by atoms with Gasteiger partial charge in [0.2, 0.25) is 0 Å². The van der Waals surface area contributed by atoms with Gasteiger partial charge in [0.25, 0.3) is 0 Å². The van der Waals surface area contributed by atoms with Crippen molar-refractivity contribution in [3.05, 3.63) is 17.0 Å². The Morgan fingerprint density at radius 2 is 2.38 bits per heavy atom. The first-order valence-corrected chi connectivity index (χ1v) is 2.83. The largest absolute Gasteiger partial charge is 0.391 e. The van der Waals surface area contributed by atoms with Crippen LogP contribution < -0.4 is 5.73 Å². The first-order valence-electron chi connectivity index (χ1n) is 2.01. The number of rotatable bonds is 1. The molecule has 0 saturated heterocycles. The molecular formula is C4H4N2OS. The van der Waals surface area contributed by atoms with Crippen LogP contribution in [0.1, 0.15) is 0 Å². The minimum absolute atomic E-state index is 0.433. The second-order valence-corrected chi connectivity index (χ2v) is 2.36. The van der Waals surface area contributed by atoms with Gasteiger partial charge in [0.1, 0.15) is 0 Å². The molecule has 0 aliphatic carbocycles. The van der Waals surface area contributed by atoms with Crippen LogP contribution in [-0.4, -0.2) is 0 Å². The van der Waals surface area contributed by atoms with Crippen LogP contribution in [0.4, 0.5) is 10.0 Å². The summed E-state index contributed by atoms with van der Waals surface area (Å²) < 4.78 is 0. The molecule has 3 nitrogen and oxygen atoms in total. The molecule has 0 spiro atoms. The third-order valence-electron chi connectivity index (χ3n) is 0.703. The molecule has 0 amide bonds. The van der Waals surface area contributed by atoms with Gasteiger partial charge >= 0.3 is 0 Å². The van der Waals surface area contributed by atoms with E-state index >= 15 is 0 Å². The van der Waals surface area contributed by atoms with Crippen molar-refractivity contribution in [3.8, 4) is 0 Å². The second kappa shape index (κ2) is 1.92. The zero-order valence-corrected chi connectivity index (χ0v) is 4.81. The zero-order chi connectivity index (χ0) is 5.98. The van der Waals surface area contributed by atoms with E-state index in [-0.39, 0.29) is 0 Å². The van der Waals surface area contributed by atoms with E-state index in [0.717, 1.165) is 0 Å². The lowest BCUT2D eigenvalue weighted by Gasteiger charge is -1.71. The minimum Gasteiger partial charge on any atom is -0.391 e. The van der Waals surface area contributed by atoms with E-state index in [0.29, 0.717) is 10.0 Å². The van der Waals surface area contributed by atoms with Crippen molar-refractivity contribution in [1.82, 2.24) is 0 Å². The summed E-state index contributed by atoms with van der Waals surface area (Å²) in [5, 5.41) is 3.74. The number of anilines is 1. The lowest BCUT2D eigenvalue weighted by molar-refractivity contribution is 1.60. The highest BCUT2D eigenvalue weighted by atomic mass is 32.1. The molecule has 1 aromatic rings. The number of nitrogen functional groups attached to an aromatic ring is 1. The summed E-state index contributed by atoms with van der Waals surface area (Å²) in [6.07, 6.45) is 0. The summed E-state index contributed by atoms with van der Waals surface area (Å²) in [6.45, 7) is 0. The molecule has 1 rings (SSSR count). The maximum absolute atomic E-state index is 9.72. The van der Waals surface area contributed by atoms with Crippen molar-refractivity contribution >= 4 is 21.3 Å². The van der Waals surface area contributed by atoms with E-state index in [9.17, 15) is 4.91 Å². The van der Waals surface area contributed by atoms with Crippen LogP contribution >= 0.6 is 11.3 Å². The fraction of sp³-hybridized carbons (Fsp3) is 0. The number of nitrogens with zero attached hydrogens (tertiary/aromatic N) is 1. The number of thiophene rings is 1. The summed E-state index contributed by atoms with van der Waals surface area (Å²) in [5.74, 6) is 0. The standard InChI is InChI=1S/C4H4N2OS/c5-3-1-2-4(6-7)8-3/h1-2H,5H2. The SMILES string of the molecule is Nc1ccc(N=O)s1. The minimum atomic E-state index is 0.433. The Kier molecular flexibility index (Phi) is 1.26. The van der Waals surface area contributed by atoms with Gasteiger partial charge in [-0.25, -0.2) is 0 Å². The van der Waals surface area contributed by atoms with Crippen LogP contribution in [0, 0.1) is 4.91 Å². The monoisotopic (exact) mass is 128 g/mol. The van der Waals surface area contributed by atoms with Gasteiger partial charge in [-0.2, -0.15) is 0 Å². The van der Waals surface area contributed by atoms with Crippen LogP contribution in [0.3, 0.4) is 0 Å². The van der Waals surface area contributed by atoms with Crippen molar-refractivity contribution in [3.63, 3.8) is 0 Å². The van der Waals surface area contributed by atoms with Crippen LogP contribution in [-0.2, 0) is 0 Å². The normalized spacial score (nSPS) is 9.00. The quantitative estimate of drug-likeness (QED) is 0.585. The molecule has 0 radical (unpaired) electrons. The highest BCUT2D eigenvalue weighted by Crippen LogP contribution is 2.25. The average molecular weight is 128 g/mol. The van der Waals surface area contributed by atoms with Gasteiger partial charge in [-0.05, 0) is 17.3 Å². The maximum Gasteiger partial charge on any atom is 0.162 e. The Hall–Kier alpha value is -0.900. The van der Waals surface area contributed by atoms with E-state index in [1.54, 1.807) is 12.1 Å². The van der Waals surface area contributed by atoms with Crippen molar-refractivity contribution in [1.29, 1.82) is 0 Å². The van der Waals surface area contributed by atoms with Gasteiger partial charge in [0.05, 0.1) is 5.00 Å². The third kappa shape index (κ3) is 0.840. The lowest BCUT2D eigenvalue weighted by Crippen LogP contribution is -1.72. The van der Waals surface area contributed by atoms with Crippen LogP contribution in [0.15, 0.2) is 17.3 Å². The number of hydrogen-bond acceptors (Lipinski definition) is 4. The number of nitroso groups, excluding NO2 is 1. The van der Waals surface area contributed by atoms with Crippen molar-refractivity contribution < 1.29 is 0 Å². The van der Waals surface area contributed by atoms with Crippen molar-refractivity contribution in [2.24, 2.45) is 5.18 Å². The van der Waals surface area contributed by atoms with Gasteiger partial charge in [-0.15, -0.1) is 4.91 Å². The van der Waals surface area contributed by atoms with E-state index in [2.05, 4.69) is 5.18 Å². The van der Waals surface area contributed by atoms with E-state index < -0.39 is 0 Å². The van der Waals surface area contributed by atoms with Gasteiger partial charge in [0.15, 0.2) is 5.00 Å². The maximum atomic E-state index is 9.72. The first-order chi connectivity index (χ1) is 3.83. The van der Waals surface area contributed by atoms with Crippen molar-refractivity contribution in [2.45, 2.75) is 0 Å². The molecule has 0 fully saturated rings. The Morgan fingerprint density at radius 3 is 2.62 bits per heavy atom. The molecule has 0 aliphatic rings. The van der Waals surface area contributed by atoms with E-state index in [1.165, 1.54) is 11.3 Å². The molecule has 0 atom stereocenters. The first kappa shape index (κ1) is 5.24. The topological polar surface area (TPSA) is 55.4 Å². The van der Waals surface area contributed by atoms with Crippen molar-refractivity contribution in [2.75, 3.05) is 5.73 Å². The molecule has 1 heterocycles. The van der Waals surface area contributed by atoms with E-state index in [1.807, 2.05) is 0 Å². The summed E-state index contributed by atoms with van der Waals surface area (Å²) in [7, 11) is 0. The van der Waals surface area contributed by atoms with Gasteiger partial charge in [-0.3, -0.25) is 0 Å². The third-order valence-corrected chi connectivity index (χ3v) is 1.49. The zero-order valence-electron chi connectivity index (χ0n) is 4.00. The molecule has 0 aliphatic heterocycles. The Balaban J connectivity index is 3.00. The molecule has 0 saturated carbocycles. The predicted molar refractivity (Wildman–Crippen MR) is 34.2 cm³/mol. The number of hydrogen-bond donors (Lipinski definition) is 1. The smallest absolute Gasteiger partial charge is 0.162 e. The molecule has 0 bridgehead atoms. The molecular weight excluding hydrogens is 124 g/mol. The van der Waals surface area contributed by atoms with Gasteiger partial charge in [0, 0.05) is 0 Å². The van der Waals surface area contributed by atoms with Gasteiger partial charge in [-0.1, -0.05) is 11.3 Å². The molecule has 1 aromatic heterocycles. The molecule has 8 heavy (non-hydrogen) atoms. The number of nitrogens with two attached hydrogens (primary N) is 1. The molecule has 42 valence electrons. The summed E-state index contributed by atoms with van der Waals surface area (Å²) in [4.78, 5) is 9.72. The lowest BCUT2D eigenvalue weighted by atomic mass is 10.6. The highest BCUT2D eigenvalue weighted by Gasteiger charge is 1.92. The predicted octanol–water partition coefficient (Wildman–Crippen LogP) is 1.73. The summed E-state index contributed by atoms with van der Waals surface area (Å²) >= 11 is 1.19. The van der Waals surface area contributed by atoms with Crippen LogP contribution in [0.2, 0.25) is 0 Å². The molecule has 0 unspecified atom stereocenters. The Morgan fingerprint density at radius 1 is 1.62 bits per heavy atom. The average Bonchev–Trinajstić information content (AvgIpc) is 2.14. The summed E-state index contributed by atoms with van der Waals surface area (Å²) in [6, 6.07) is 3.24. The highest BCUT2D eigenvalue weighted by molar-refractivity contribution is 7.19. The Labute approximate surface area is 50.1 Å². The molecule has 4 heteroatoms. The fourth-order valence-electron chi connectivity index (χ4n) is 0.391. The molecule has 2 N–H and O–H groups in total. The summed E-state index contributed by atoms with van der Waals surface area (Å²) in [5.41, 5.74) is 5.27. The van der Waals surface area contributed by atoms with Crippen LogP contribution in [0.5, 0.6) is 0 Å². The molecule has 0 aromatic carbocycles.